The van der Waals surface area contributed by atoms with Crippen LogP contribution in [0.25, 0.3) is 0 Å². The number of likely N-dealkylation sites (N-methyl/N-ethyl adjacent to an activating group) is 1. The van der Waals surface area contributed by atoms with Crippen molar-refractivity contribution >= 4 is 0 Å². The van der Waals surface area contributed by atoms with Crippen molar-refractivity contribution in [3.63, 3.8) is 0 Å². The maximum absolute atomic E-state index is 12.2. The number of hydrogen-bond donors (Lipinski definition) is 2. The van der Waals surface area contributed by atoms with Gasteiger partial charge in [-0.1, -0.05) is 12.1 Å². The Kier molecular flexibility index (Phi) is 3.71. The molecule has 0 aliphatic rings. The molecule has 0 aliphatic heterocycles. The van der Waals surface area contributed by atoms with Crippen LogP contribution in [-0.2, 0) is 6.18 Å². The van der Waals surface area contributed by atoms with E-state index in [4.69, 9.17) is 5.73 Å². The number of rotatable bonds is 3. The lowest BCUT2D eigenvalue weighted by atomic mass is 10.1. The van der Waals surface area contributed by atoms with E-state index in [1.54, 1.807) is 7.05 Å². The highest BCUT2D eigenvalue weighted by Crippen LogP contribution is 2.29. The lowest BCUT2D eigenvalue weighted by molar-refractivity contribution is -0.137. The largest absolute Gasteiger partial charge is 0.416 e. The van der Waals surface area contributed by atoms with Gasteiger partial charge in [-0.3, -0.25) is 0 Å². The number of benzene rings is 1. The Morgan fingerprint density at radius 3 is 2.20 bits per heavy atom. The van der Waals surface area contributed by atoms with Crippen molar-refractivity contribution in [2.45, 2.75) is 12.2 Å². The lowest BCUT2D eigenvalue weighted by Gasteiger charge is -2.12. The van der Waals surface area contributed by atoms with Crippen LogP contribution in [0.5, 0.6) is 0 Å². The molecule has 1 aromatic rings. The number of halogens is 3. The highest BCUT2D eigenvalue weighted by atomic mass is 19.4. The SMILES string of the molecule is CNCC(N)c1ccc(C(F)(F)F)cc1. The Bertz CT molecular complexity index is 305. The highest BCUT2D eigenvalue weighted by molar-refractivity contribution is 5.26. The van der Waals surface area contributed by atoms with E-state index in [1.165, 1.54) is 12.1 Å². The third-order valence-electron chi connectivity index (χ3n) is 2.09. The number of hydrogen-bond acceptors (Lipinski definition) is 2. The fourth-order valence-electron chi connectivity index (χ4n) is 1.26. The average Bonchev–Trinajstić information content (AvgIpc) is 2.17. The summed E-state index contributed by atoms with van der Waals surface area (Å²) in [5.41, 5.74) is 5.76. The van der Waals surface area contributed by atoms with Crippen LogP contribution >= 0.6 is 0 Å². The molecule has 1 rings (SSSR count). The predicted molar refractivity (Wildman–Crippen MR) is 52.3 cm³/mol. The van der Waals surface area contributed by atoms with Gasteiger partial charge in [0.2, 0.25) is 0 Å². The zero-order valence-corrected chi connectivity index (χ0v) is 8.31. The first-order chi connectivity index (χ1) is 6.95. The molecule has 0 bridgehead atoms. The molecule has 0 saturated heterocycles. The van der Waals surface area contributed by atoms with E-state index >= 15 is 0 Å². The molecule has 1 atom stereocenters. The van der Waals surface area contributed by atoms with Crippen molar-refractivity contribution in [1.82, 2.24) is 5.32 Å². The Hall–Kier alpha value is -1.07. The van der Waals surface area contributed by atoms with Crippen LogP contribution in [0.4, 0.5) is 13.2 Å². The van der Waals surface area contributed by atoms with E-state index in [0.717, 1.165) is 12.1 Å². The summed E-state index contributed by atoms with van der Waals surface area (Å²) < 4.78 is 36.7. The molecule has 0 aliphatic carbocycles. The summed E-state index contributed by atoms with van der Waals surface area (Å²) in [5.74, 6) is 0. The molecular weight excluding hydrogens is 205 g/mol. The molecule has 3 N–H and O–H groups in total. The number of nitrogens with one attached hydrogen (secondary N) is 1. The fraction of sp³-hybridized carbons (Fsp3) is 0.400. The minimum Gasteiger partial charge on any atom is -0.323 e. The summed E-state index contributed by atoms with van der Waals surface area (Å²) in [7, 11) is 1.74. The second-order valence-corrected chi connectivity index (χ2v) is 3.28. The van der Waals surface area contributed by atoms with Crippen LogP contribution in [0.1, 0.15) is 17.2 Å². The molecular formula is C10H13F3N2. The standard InChI is InChI=1S/C10H13F3N2/c1-15-6-9(14)7-2-4-8(5-3-7)10(11,12)13/h2-5,9,15H,6,14H2,1H3. The summed E-state index contributed by atoms with van der Waals surface area (Å²) in [6, 6.07) is 4.63. The molecule has 2 nitrogen and oxygen atoms in total. The van der Waals surface area contributed by atoms with Crippen LogP contribution in [0.15, 0.2) is 24.3 Å². The van der Waals surface area contributed by atoms with Crippen molar-refractivity contribution in [1.29, 1.82) is 0 Å². The summed E-state index contributed by atoms with van der Waals surface area (Å²) in [4.78, 5) is 0. The molecule has 84 valence electrons. The minimum atomic E-state index is -4.29. The quantitative estimate of drug-likeness (QED) is 0.813. The average molecular weight is 218 g/mol. The predicted octanol–water partition coefficient (Wildman–Crippen LogP) is 1.92. The first kappa shape index (κ1) is 12.0. The van der Waals surface area contributed by atoms with Gasteiger partial charge in [0, 0.05) is 12.6 Å². The molecule has 0 heterocycles. The Morgan fingerprint density at radius 2 is 1.80 bits per heavy atom. The first-order valence-electron chi connectivity index (χ1n) is 4.52. The topological polar surface area (TPSA) is 38.0 Å². The second-order valence-electron chi connectivity index (χ2n) is 3.28. The van der Waals surface area contributed by atoms with E-state index in [1.807, 2.05) is 0 Å². The molecule has 1 unspecified atom stereocenters. The third-order valence-corrected chi connectivity index (χ3v) is 2.09. The van der Waals surface area contributed by atoms with Gasteiger partial charge in [0.15, 0.2) is 0 Å². The second kappa shape index (κ2) is 4.63. The van der Waals surface area contributed by atoms with Gasteiger partial charge in [-0.2, -0.15) is 13.2 Å². The van der Waals surface area contributed by atoms with Crippen LogP contribution < -0.4 is 11.1 Å². The van der Waals surface area contributed by atoms with Crippen LogP contribution in [0, 0.1) is 0 Å². The summed E-state index contributed by atoms with van der Waals surface area (Å²) in [5, 5.41) is 2.86. The Morgan fingerprint density at radius 1 is 1.27 bits per heavy atom. The van der Waals surface area contributed by atoms with Crippen molar-refractivity contribution < 1.29 is 13.2 Å². The Labute approximate surface area is 86.3 Å². The zero-order valence-electron chi connectivity index (χ0n) is 8.31. The van der Waals surface area contributed by atoms with Crippen molar-refractivity contribution in [2.24, 2.45) is 5.73 Å². The molecule has 0 radical (unpaired) electrons. The maximum Gasteiger partial charge on any atom is 0.416 e. The van der Waals surface area contributed by atoms with E-state index in [9.17, 15) is 13.2 Å². The normalized spacial score (nSPS) is 13.9. The lowest BCUT2D eigenvalue weighted by Crippen LogP contribution is -2.23. The smallest absolute Gasteiger partial charge is 0.323 e. The molecule has 0 fully saturated rings. The third kappa shape index (κ3) is 3.21. The Balaban J connectivity index is 2.81. The monoisotopic (exact) mass is 218 g/mol. The van der Waals surface area contributed by atoms with Crippen molar-refractivity contribution in [2.75, 3.05) is 13.6 Å². The van der Waals surface area contributed by atoms with E-state index < -0.39 is 11.7 Å². The van der Waals surface area contributed by atoms with E-state index in [-0.39, 0.29) is 6.04 Å². The van der Waals surface area contributed by atoms with Crippen molar-refractivity contribution in [3.05, 3.63) is 35.4 Å². The minimum absolute atomic E-state index is 0.280. The van der Waals surface area contributed by atoms with Crippen LogP contribution in [0.2, 0.25) is 0 Å². The van der Waals surface area contributed by atoms with Gasteiger partial charge in [0.1, 0.15) is 0 Å². The molecule has 15 heavy (non-hydrogen) atoms. The molecule has 0 amide bonds. The van der Waals surface area contributed by atoms with Gasteiger partial charge in [0.05, 0.1) is 5.56 Å². The summed E-state index contributed by atoms with van der Waals surface area (Å²) >= 11 is 0. The van der Waals surface area contributed by atoms with Crippen LogP contribution in [-0.4, -0.2) is 13.6 Å². The van der Waals surface area contributed by atoms with Gasteiger partial charge < -0.3 is 11.1 Å². The van der Waals surface area contributed by atoms with Crippen LogP contribution in [0.3, 0.4) is 0 Å². The first-order valence-corrected chi connectivity index (χ1v) is 4.52. The molecule has 0 aromatic heterocycles. The fourth-order valence-corrected chi connectivity index (χ4v) is 1.26. The van der Waals surface area contributed by atoms with Gasteiger partial charge in [0.25, 0.3) is 0 Å². The zero-order chi connectivity index (χ0) is 11.5. The number of nitrogens with two attached hydrogens (primary N) is 1. The van der Waals surface area contributed by atoms with Gasteiger partial charge >= 0.3 is 6.18 Å². The van der Waals surface area contributed by atoms with E-state index in [0.29, 0.717) is 12.1 Å². The van der Waals surface area contributed by atoms with Gasteiger partial charge in [-0.25, -0.2) is 0 Å². The molecule has 0 spiro atoms. The van der Waals surface area contributed by atoms with Gasteiger partial charge in [-0.05, 0) is 24.7 Å². The molecule has 5 heteroatoms. The summed E-state index contributed by atoms with van der Waals surface area (Å²) in [6.45, 7) is 0.533. The summed E-state index contributed by atoms with van der Waals surface area (Å²) in [6.07, 6.45) is -4.29. The molecule has 0 saturated carbocycles. The van der Waals surface area contributed by atoms with E-state index in [2.05, 4.69) is 5.32 Å². The molecule has 1 aromatic carbocycles. The highest BCUT2D eigenvalue weighted by Gasteiger charge is 2.30. The maximum atomic E-state index is 12.2. The van der Waals surface area contributed by atoms with Crippen molar-refractivity contribution in [3.8, 4) is 0 Å². The van der Waals surface area contributed by atoms with Gasteiger partial charge in [-0.15, -0.1) is 0 Å². The number of alkyl halides is 3.